The molecular formula is C22H33NO4Si. The molecule has 1 saturated heterocycles. The summed E-state index contributed by atoms with van der Waals surface area (Å²) in [4.78, 5) is 0. The summed E-state index contributed by atoms with van der Waals surface area (Å²) in [5, 5.41) is 3.86. The molecule has 1 aromatic carbocycles. The maximum atomic E-state index is 6.78. The van der Waals surface area contributed by atoms with E-state index in [0.717, 1.165) is 24.5 Å². The van der Waals surface area contributed by atoms with Crippen LogP contribution in [0.5, 0.6) is 11.5 Å². The molecule has 0 bridgehead atoms. The van der Waals surface area contributed by atoms with Gasteiger partial charge in [0.25, 0.3) is 0 Å². The van der Waals surface area contributed by atoms with Gasteiger partial charge in [0.15, 0.2) is 19.8 Å². The Kier molecular flexibility index (Phi) is 5.11. The molecule has 4 rings (SSSR count). The average molecular weight is 404 g/mol. The second-order valence-corrected chi connectivity index (χ2v) is 14.4. The van der Waals surface area contributed by atoms with E-state index in [9.17, 15) is 0 Å². The second kappa shape index (κ2) is 7.17. The standard InChI is InChI=1S/C22H33NO4Si/c1-22(2,3)28(5,6)27-21-10-15-16(12-23-17(15)11-19(21)24-4)14-7-8-18-20(9-14)26-13-25-18/h7-10,16-17,19,21,23H,11-13H2,1-6H3/t16-,17+,19+,21-/m0/s1. The van der Waals surface area contributed by atoms with Gasteiger partial charge in [-0.1, -0.05) is 32.9 Å². The van der Waals surface area contributed by atoms with Crippen LogP contribution in [0.2, 0.25) is 18.1 Å². The Balaban J connectivity index is 1.62. The van der Waals surface area contributed by atoms with Gasteiger partial charge in [0, 0.05) is 25.6 Å². The summed E-state index contributed by atoms with van der Waals surface area (Å²) in [7, 11) is -0.0897. The van der Waals surface area contributed by atoms with Gasteiger partial charge >= 0.3 is 0 Å². The summed E-state index contributed by atoms with van der Waals surface area (Å²) < 4.78 is 23.7. The van der Waals surface area contributed by atoms with Gasteiger partial charge in [0.05, 0.1) is 12.2 Å². The molecule has 0 amide bonds. The normalized spacial score (nSPS) is 29.6. The first kappa shape index (κ1) is 20.0. The molecule has 0 radical (unpaired) electrons. The molecule has 2 aliphatic heterocycles. The Morgan fingerprint density at radius 3 is 2.61 bits per heavy atom. The van der Waals surface area contributed by atoms with Crippen molar-refractivity contribution in [2.45, 2.75) is 69.5 Å². The topological polar surface area (TPSA) is 49.0 Å². The fourth-order valence-electron chi connectivity index (χ4n) is 4.15. The van der Waals surface area contributed by atoms with E-state index < -0.39 is 8.32 Å². The molecule has 28 heavy (non-hydrogen) atoms. The van der Waals surface area contributed by atoms with Gasteiger partial charge in [-0.15, -0.1) is 0 Å². The molecule has 4 atom stereocenters. The van der Waals surface area contributed by atoms with Crippen molar-refractivity contribution in [2.75, 3.05) is 20.4 Å². The zero-order valence-electron chi connectivity index (χ0n) is 17.9. The summed E-state index contributed by atoms with van der Waals surface area (Å²) in [5.41, 5.74) is 2.70. The predicted octanol–water partition coefficient (Wildman–Crippen LogP) is 4.21. The van der Waals surface area contributed by atoms with E-state index in [1.54, 1.807) is 7.11 Å². The summed E-state index contributed by atoms with van der Waals surface area (Å²) in [6.07, 6.45) is 3.39. The van der Waals surface area contributed by atoms with Gasteiger partial charge in [-0.25, -0.2) is 0 Å². The third-order valence-electron chi connectivity index (χ3n) is 6.90. The molecule has 1 N–H and O–H groups in total. The number of hydrogen-bond acceptors (Lipinski definition) is 5. The van der Waals surface area contributed by atoms with Crippen molar-refractivity contribution in [1.29, 1.82) is 0 Å². The number of methoxy groups -OCH3 is 1. The van der Waals surface area contributed by atoms with Crippen molar-refractivity contribution in [2.24, 2.45) is 0 Å². The molecule has 1 aliphatic carbocycles. The molecule has 0 aromatic heterocycles. The molecule has 0 unspecified atom stereocenters. The van der Waals surface area contributed by atoms with Gasteiger partial charge in [0.2, 0.25) is 6.79 Å². The van der Waals surface area contributed by atoms with Crippen molar-refractivity contribution >= 4 is 8.32 Å². The Labute approximate surface area is 169 Å². The van der Waals surface area contributed by atoms with Gasteiger partial charge < -0.3 is 24.0 Å². The molecule has 0 saturated carbocycles. The molecular weight excluding hydrogens is 370 g/mol. The van der Waals surface area contributed by atoms with Crippen molar-refractivity contribution in [3.8, 4) is 11.5 Å². The highest BCUT2D eigenvalue weighted by Crippen LogP contribution is 2.43. The maximum Gasteiger partial charge on any atom is 0.231 e. The molecule has 1 fully saturated rings. The van der Waals surface area contributed by atoms with Crippen molar-refractivity contribution in [3.05, 3.63) is 35.4 Å². The lowest BCUT2D eigenvalue weighted by Gasteiger charge is -2.42. The second-order valence-electron chi connectivity index (χ2n) is 9.65. The van der Waals surface area contributed by atoms with Crippen molar-refractivity contribution in [3.63, 3.8) is 0 Å². The predicted molar refractivity (Wildman–Crippen MR) is 113 cm³/mol. The van der Waals surface area contributed by atoms with Crippen LogP contribution in [0.15, 0.2) is 29.8 Å². The van der Waals surface area contributed by atoms with Crippen LogP contribution in [-0.2, 0) is 9.16 Å². The van der Waals surface area contributed by atoms with Gasteiger partial charge in [-0.05, 0) is 47.8 Å². The number of hydrogen-bond donors (Lipinski definition) is 1. The van der Waals surface area contributed by atoms with Gasteiger partial charge in [-0.3, -0.25) is 0 Å². The fourth-order valence-corrected chi connectivity index (χ4v) is 5.41. The first-order chi connectivity index (χ1) is 13.2. The van der Waals surface area contributed by atoms with E-state index in [-0.39, 0.29) is 17.2 Å². The van der Waals surface area contributed by atoms with Crippen LogP contribution in [0.3, 0.4) is 0 Å². The first-order valence-corrected chi connectivity index (χ1v) is 13.2. The van der Waals surface area contributed by atoms with Crippen LogP contribution in [-0.4, -0.2) is 47.0 Å². The first-order valence-electron chi connectivity index (χ1n) is 10.2. The third kappa shape index (κ3) is 3.51. The molecule has 3 aliphatic rings. The van der Waals surface area contributed by atoms with E-state index in [1.807, 2.05) is 6.07 Å². The number of fused-ring (bicyclic) bond motifs is 2. The lowest BCUT2D eigenvalue weighted by molar-refractivity contribution is 0.00393. The highest BCUT2D eigenvalue weighted by atomic mass is 28.4. The molecule has 6 heteroatoms. The van der Waals surface area contributed by atoms with E-state index in [2.05, 4.69) is 57.4 Å². The highest BCUT2D eigenvalue weighted by molar-refractivity contribution is 6.74. The molecule has 154 valence electrons. The van der Waals surface area contributed by atoms with Crippen LogP contribution in [0.4, 0.5) is 0 Å². The number of benzene rings is 1. The van der Waals surface area contributed by atoms with E-state index in [1.165, 1.54) is 11.1 Å². The zero-order valence-corrected chi connectivity index (χ0v) is 18.9. The van der Waals surface area contributed by atoms with E-state index in [4.69, 9.17) is 18.6 Å². The smallest absolute Gasteiger partial charge is 0.231 e. The van der Waals surface area contributed by atoms with Gasteiger partial charge in [-0.2, -0.15) is 0 Å². The number of ether oxygens (including phenoxy) is 3. The highest BCUT2D eigenvalue weighted by Gasteiger charge is 2.44. The number of nitrogens with one attached hydrogen (secondary N) is 1. The third-order valence-corrected chi connectivity index (χ3v) is 11.4. The molecule has 0 spiro atoms. The summed E-state index contributed by atoms with van der Waals surface area (Å²) in [5.74, 6) is 2.02. The molecule has 5 nitrogen and oxygen atoms in total. The van der Waals surface area contributed by atoms with Crippen LogP contribution in [0.1, 0.15) is 38.7 Å². The number of rotatable bonds is 4. The maximum absolute atomic E-state index is 6.78. The van der Waals surface area contributed by atoms with Gasteiger partial charge in [0.1, 0.15) is 0 Å². The van der Waals surface area contributed by atoms with Crippen LogP contribution < -0.4 is 14.8 Å². The van der Waals surface area contributed by atoms with Crippen molar-refractivity contribution < 1.29 is 18.6 Å². The largest absolute Gasteiger partial charge is 0.454 e. The fraction of sp³-hybridized carbons (Fsp3) is 0.636. The molecule has 1 aromatic rings. The zero-order chi connectivity index (χ0) is 20.1. The SMILES string of the molecule is CO[C@@H]1C[C@H]2NC[C@@H](c3ccc4c(c3)OCO4)C2=C[C@@H]1O[Si](C)(C)C(C)(C)C. The van der Waals surface area contributed by atoms with Crippen LogP contribution >= 0.6 is 0 Å². The summed E-state index contributed by atoms with van der Waals surface area (Å²) >= 11 is 0. The van der Waals surface area contributed by atoms with Crippen molar-refractivity contribution in [1.82, 2.24) is 5.32 Å². The Bertz CT molecular complexity index is 770. The minimum Gasteiger partial charge on any atom is -0.454 e. The Morgan fingerprint density at radius 1 is 1.14 bits per heavy atom. The van der Waals surface area contributed by atoms with Crippen LogP contribution in [0.25, 0.3) is 0 Å². The summed E-state index contributed by atoms with van der Waals surface area (Å²) in [6, 6.07) is 6.66. The van der Waals surface area contributed by atoms with E-state index >= 15 is 0 Å². The van der Waals surface area contributed by atoms with Crippen LogP contribution in [0, 0.1) is 0 Å². The lowest BCUT2D eigenvalue weighted by atomic mass is 9.83. The average Bonchev–Trinajstić information content (AvgIpc) is 3.25. The van der Waals surface area contributed by atoms with E-state index in [0.29, 0.717) is 18.8 Å². The Hall–Kier alpha value is -1.34. The Morgan fingerprint density at radius 2 is 1.89 bits per heavy atom. The quantitative estimate of drug-likeness (QED) is 0.603. The summed E-state index contributed by atoms with van der Waals surface area (Å²) in [6.45, 7) is 12.7. The lowest BCUT2D eigenvalue weighted by Crippen LogP contribution is -2.49. The minimum atomic E-state index is -1.89. The molecule has 2 heterocycles. The minimum absolute atomic E-state index is 0.00792. The monoisotopic (exact) mass is 403 g/mol.